The third kappa shape index (κ3) is 1.92. The Morgan fingerprint density at radius 1 is 1.57 bits per heavy atom. The van der Waals surface area contributed by atoms with Gasteiger partial charge in [0.15, 0.2) is 0 Å². The van der Waals surface area contributed by atoms with E-state index >= 15 is 0 Å². The Kier molecular flexibility index (Phi) is 3.53. The summed E-state index contributed by atoms with van der Waals surface area (Å²) in [5.74, 6) is 1.19. The lowest BCUT2D eigenvalue weighted by Crippen LogP contribution is -2.51. The lowest BCUT2D eigenvalue weighted by molar-refractivity contribution is -0.165. The summed E-state index contributed by atoms with van der Waals surface area (Å²) in [6.45, 7) is 7.09. The smallest absolute Gasteiger partial charge is 0.313 e. The van der Waals surface area contributed by atoms with Gasteiger partial charge in [-0.1, -0.05) is 13.8 Å². The van der Waals surface area contributed by atoms with Crippen LogP contribution < -0.4 is 5.73 Å². The second kappa shape index (κ2) is 4.30. The van der Waals surface area contributed by atoms with E-state index in [0.29, 0.717) is 25.0 Å². The first kappa shape index (κ1) is 11.5. The highest BCUT2D eigenvalue weighted by Crippen LogP contribution is 2.49. The van der Waals surface area contributed by atoms with Crippen LogP contribution in [0.3, 0.4) is 0 Å². The van der Waals surface area contributed by atoms with Crippen molar-refractivity contribution in [2.45, 2.75) is 33.6 Å². The first-order chi connectivity index (χ1) is 6.55. The van der Waals surface area contributed by atoms with E-state index in [-0.39, 0.29) is 11.4 Å². The quantitative estimate of drug-likeness (QED) is 0.699. The fraction of sp³-hybridized carbons (Fsp3) is 0.909. The number of hydrogen-bond acceptors (Lipinski definition) is 3. The zero-order chi connectivity index (χ0) is 10.8. The van der Waals surface area contributed by atoms with Crippen LogP contribution in [0.5, 0.6) is 0 Å². The maximum Gasteiger partial charge on any atom is 0.313 e. The van der Waals surface area contributed by atoms with E-state index in [4.69, 9.17) is 10.5 Å². The molecule has 1 aliphatic rings. The molecule has 1 rings (SSSR count). The second-order valence-corrected chi connectivity index (χ2v) is 4.62. The number of ether oxygens (including phenoxy) is 1. The molecular weight excluding hydrogens is 178 g/mol. The predicted molar refractivity (Wildman–Crippen MR) is 55.7 cm³/mol. The van der Waals surface area contributed by atoms with E-state index in [1.54, 1.807) is 0 Å². The molecule has 1 aliphatic carbocycles. The molecule has 0 aromatic carbocycles. The Hall–Kier alpha value is -0.570. The summed E-state index contributed by atoms with van der Waals surface area (Å²) in [4.78, 5) is 11.6. The molecule has 0 amide bonds. The lowest BCUT2D eigenvalue weighted by atomic mass is 9.58. The van der Waals surface area contributed by atoms with Gasteiger partial charge in [0.1, 0.15) is 0 Å². The molecule has 0 heterocycles. The van der Waals surface area contributed by atoms with E-state index in [9.17, 15) is 4.79 Å². The van der Waals surface area contributed by atoms with E-state index in [1.807, 2.05) is 6.92 Å². The van der Waals surface area contributed by atoms with Crippen LogP contribution in [0.15, 0.2) is 0 Å². The minimum absolute atomic E-state index is 0.0978. The Morgan fingerprint density at radius 2 is 2.14 bits per heavy atom. The van der Waals surface area contributed by atoms with Crippen molar-refractivity contribution in [3.05, 3.63) is 0 Å². The predicted octanol–water partition coefficient (Wildman–Crippen LogP) is 1.56. The number of rotatable bonds is 4. The molecule has 0 aliphatic heterocycles. The Bertz CT molecular complexity index is 207. The summed E-state index contributed by atoms with van der Waals surface area (Å²) < 4.78 is 5.05. The first-order valence-electron chi connectivity index (χ1n) is 5.43. The first-order valence-corrected chi connectivity index (χ1v) is 5.43. The van der Waals surface area contributed by atoms with Crippen molar-refractivity contribution in [3.8, 4) is 0 Å². The Morgan fingerprint density at radius 3 is 2.50 bits per heavy atom. The third-order valence-electron chi connectivity index (χ3n) is 3.35. The van der Waals surface area contributed by atoms with Crippen molar-refractivity contribution in [1.82, 2.24) is 0 Å². The van der Waals surface area contributed by atoms with Gasteiger partial charge in [-0.05, 0) is 31.6 Å². The molecule has 1 saturated carbocycles. The normalized spacial score (nSPS) is 31.4. The molecule has 0 aromatic rings. The summed E-state index contributed by atoms with van der Waals surface area (Å²) >= 11 is 0. The maximum absolute atomic E-state index is 11.6. The lowest BCUT2D eigenvalue weighted by Gasteiger charge is -2.46. The van der Waals surface area contributed by atoms with Crippen molar-refractivity contribution in [2.75, 3.05) is 13.2 Å². The molecule has 3 heteroatoms. The van der Waals surface area contributed by atoms with Gasteiger partial charge in [0, 0.05) is 6.54 Å². The van der Waals surface area contributed by atoms with Gasteiger partial charge < -0.3 is 10.5 Å². The molecule has 0 radical (unpaired) electrons. The van der Waals surface area contributed by atoms with Gasteiger partial charge in [0.2, 0.25) is 0 Å². The standard InChI is InChI=1S/C11H21NO2/c1-4-14-10(13)11(7-12)5-9(6-11)8(2)3/h8-9H,4-7,12H2,1-3H3. The van der Waals surface area contributed by atoms with Gasteiger partial charge in [-0.3, -0.25) is 4.79 Å². The molecule has 0 saturated heterocycles. The third-order valence-corrected chi connectivity index (χ3v) is 3.35. The van der Waals surface area contributed by atoms with Crippen LogP contribution in [-0.4, -0.2) is 19.1 Å². The molecule has 0 unspecified atom stereocenters. The van der Waals surface area contributed by atoms with Gasteiger partial charge in [0.05, 0.1) is 12.0 Å². The molecule has 0 atom stereocenters. The summed E-state index contributed by atoms with van der Waals surface area (Å²) in [5.41, 5.74) is 5.31. The Labute approximate surface area is 86.0 Å². The zero-order valence-corrected chi connectivity index (χ0v) is 9.38. The zero-order valence-electron chi connectivity index (χ0n) is 9.38. The minimum atomic E-state index is -0.356. The number of nitrogens with two attached hydrogens (primary N) is 1. The molecule has 2 N–H and O–H groups in total. The van der Waals surface area contributed by atoms with Gasteiger partial charge in [0.25, 0.3) is 0 Å². The van der Waals surface area contributed by atoms with Gasteiger partial charge in [-0.25, -0.2) is 0 Å². The fourth-order valence-corrected chi connectivity index (χ4v) is 2.12. The molecule has 82 valence electrons. The van der Waals surface area contributed by atoms with Crippen molar-refractivity contribution in [2.24, 2.45) is 23.0 Å². The van der Waals surface area contributed by atoms with Crippen LogP contribution in [0.4, 0.5) is 0 Å². The SMILES string of the molecule is CCOC(=O)C1(CN)CC(C(C)C)C1. The summed E-state index contributed by atoms with van der Waals surface area (Å²) in [6, 6.07) is 0. The van der Waals surface area contributed by atoms with Crippen molar-refractivity contribution >= 4 is 5.97 Å². The van der Waals surface area contributed by atoms with Crippen LogP contribution in [0.1, 0.15) is 33.6 Å². The molecular formula is C11H21NO2. The molecule has 1 fully saturated rings. The largest absolute Gasteiger partial charge is 0.466 e. The number of carbonyl (C=O) groups excluding carboxylic acids is 1. The summed E-state index contributed by atoms with van der Waals surface area (Å²) in [7, 11) is 0. The Balaban J connectivity index is 2.52. The number of carbonyl (C=O) groups is 1. The minimum Gasteiger partial charge on any atom is -0.466 e. The van der Waals surface area contributed by atoms with Crippen LogP contribution in [0.25, 0.3) is 0 Å². The van der Waals surface area contributed by atoms with E-state index < -0.39 is 0 Å². The van der Waals surface area contributed by atoms with Crippen LogP contribution in [0.2, 0.25) is 0 Å². The average Bonchev–Trinajstić information content (AvgIpc) is 2.03. The second-order valence-electron chi connectivity index (χ2n) is 4.62. The maximum atomic E-state index is 11.6. The number of hydrogen-bond donors (Lipinski definition) is 1. The van der Waals surface area contributed by atoms with Crippen molar-refractivity contribution in [1.29, 1.82) is 0 Å². The van der Waals surface area contributed by atoms with Gasteiger partial charge >= 0.3 is 5.97 Å². The van der Waals surface area contributed by atoms with Gasteiger partial charge in [-0.2, -0.15) is 0 Å². The van der Waals surface area contributed by atoms with Crippen LogP contribution >= 0.6 is 0 Å². The highest BCUT2D eigenvalue weighted by atomic mass is 16.5. The van der Waals surface area contributed by atoms with Gasteiger partial charge in [-0.15, -0.1) is 0 Å². The average molecular weight is 199 g/mol. The van der Waals surface area contributed by atoms with Crippen LogP contribution in [0, 0.1) is 17.3 Å². The van der Waals surface area contributed by atoms with E-state index in [0.717, 1.165) is 12.8 Å². The fourth-order valence-electron chi connectivity index (χ4n) is 2.12. The highest BCUT2D eigenvalue weighted by Gasteiger charge is 2.50. The van der Waals surface area contributed by atoms with Crippen LogP contribution in [-0.2, 0) is 9.53 Å². The van der Waals surface area contributed by atoms with Crippen molar-refractivity contribution < 1.29 is 9.53 Å². The molecule has 14 heavy (non-hydrogen) atoms. The molecule has 0 spiro atoms. The molecule has 0 bridgehead atoms. The number of esters is 1. The summed E-state index contributed by atoms with van der Waals surface area (Å²) in [6.07, 6.45) is 1.81. The van der Waals surface area contributed by atoms with E-state index in [2.05, 4.69) is 13.8 Å². The topological polar surface area (TPSA) is 52.3 Å². The highest BCUT2D eigenvalue weighted by molar-refractivity contribution is 5.78. The summed E-state index contributed by atoms with van der Waals surface area (Å²) in [5, 5.41) is 0. The monoisotopic (exact) mass is 199 g/mol. The van der Waals surface area contributed by atoms with E-state index in [1.165, 1.54) is 0 Å². The molecule has 3 nitrogen and oxygen atoms in total. The van der Waals surface area contributed by atoms with Crippen molar-refractivity contribution in [3.63, 3.8) is 0 Å². The molecule has 0 aromatic heterocycles.